The second-order valence-corrected chi connectivity index (χ2v) is 7.07. The highest BCUT2D eigenvalue weighted by molar-refractivity contribution is 7.90. The van der Waals surface area contributed by atoms with Gasteiger partial charge < -0.3 is 11.1 Å². The van der Waals surface area contributed by atoms with Crippen molar-refractivity contribution >= 4 is 15.7 Å². The van der Waals surface area contributed by atoms with E-state index in [1.807, 2.05) is 0 Å². The van der Waals surface area contributed by atoms with E-state index in [-0.39, 0.29) is 18.0 Å². The molecule has 1 rings (SSSR count). The molecule has 112 valence electrons. The Hall–Kier alpha value is -1.47. The van der Waals surface area contributed by atoms with Crippen LogP contribution in [0.4, 0.5) is 4.39 Å². The monoisotopic (exact) mass is 302 g/mol. The molecule has 0 radical (unpaired) electrons. The first-order chi connectivity index (χ1) is 9.19. The van der Waals surface area contributed by atoms with Gasteiger partial charge in [0.25, 0.3) is 0 Å². The Morgan fingerprint density at radius 2 is 2.10 bits per heavy atom. The molecular formula is C13H19FN2O3S. The lowest BCUT2D eigenvalue weighted by atomic mass is 10.1. The average Bonchev–Trinajstić information content (AvgIpc) is 2.34. The fourth-order valence-corrected chi connectivity index (χ4v) is 2.33. The molecule has 3 N–H and O–H groups in total. The van der Waals surface area contributed by atoms with Crippen molar-refractivity contribution < 1.29 is 17.6 Å². The predicted octanol–water partition coefficient (Wildman–Crippen LogP) is 0.765. The fraction of sp³-hybridized carbons (Fsp3) is 0.462. The zero-order valence-electron chi connectivity index (χ0n) is 11.5. The van der Waals surface area contributed by atoms with Gasteiger partial charge >= 0.3 is 0 Å². The summed E-state index contributed by atoms with van der Waals surface area (Å²) in [6.07, 6.45) is 1.15. The Kier molecular flexibility index (Phi) is 5.64. The van der Waals surface area contributed by atoms with E-state index in [9.17, 15) is 17.6 Å². The first-order valence-electron chi connectivity index (χ1n) is 6.18. The summed E-state index contributed by atoms with van der Waals surface area (Å²) in [5, 5.41) is 2.63. The van der Waals surface area contributed by atoms with E-state index in [1.54, 1.807) is 19.1 Å². The molecule has 1 amide bonds. The minimum atomic E-state index is -3.15. The quantitative estimate of drug-likeness (QED) is 0.812. The van der Waals surface area contributed by atoms with Crippen molar-refractivity contribution in [2.24, 2.45) is 5.73 Å². The molecule has 1 aromatic rings. The number of sulfone groups is 1. The zero-order chi connectivity index (χ0) is 15.3. The van der Waals surface area contributed by atoms with Crippen LogP contribution in [0.3, 0.4) is 0 Å². The van der Waals surface area contributed by atoms with Gasteiger partial charge in [0.1, 0.15) is 15.7 Å². The Balaban J connectivity index is 2.57. The lowest BCUT2D eigenvalue weighted by Gasteiger charge is -2.17. The number of benzene rings is 1. The van der Waals surface area contributed by atoms with Gasteiger partial charge in [-0.15, -0.1) is 0 Å². The highest BCUT2D eigenvalue weighted by Crippen LogP contribution is 2.13. The molecule has 20 heavy (non-hydrogen) atoms. The molecule has 0 saturated carbocycles. The van der Waals surface area contributed by atoms with Crippen LogP contribution in [-0.2, 0) is 14.6 Å². The van der Waals surface area contributed by atoms with E-state index in [4.69, 9.17) is 5.73 Å². The van der Waals surface area contributed by atoms with Crippen molar-refractivity contribution in [2.45, 2.75) is 25.4 Å². The molecule has 2 atom stereocenters. The number of carbonyl (C=O) groups excluding carboxylic acids is 1. The van der Waals surface area contributed by atoms with Crippen LogP contribution >= 0.6 is 0 Å². The Morgan fingerprint density at radius 3 is 2.65 bits per heavy atom. The first-order valence-corrected chi connectivity index (χ1v) is 8.24. The summed E-state index contributed by atoms with van der Waals surface area (Å²) in [6.45, 7) is 1.70. The predicted molar refractivity (Wildman–Crippen MR) is 75.3 cm³/mol. The Labute approximate surface area is 118 Å². The maximum atomic E-state index is 13.1. The summed E-state index contributed by atoms with van der Waals surface area (Å²) in [6, 6.07) is 4.58. The van der Waals surface area contributed by atoms with Gasteiger partial charge in [-0.2, -0.15) is 0 Å². The van der Waals surface area contributed by atoms with Gasteiger partial charge in [-0.1, -0.05) is 12.1 Å². The minimum absolute atomic E-state index is 0.0561. The number of hydrogen-bond acceptors (Lipinski definition) is 4. The fourth-order valence-electron chi connectivity index (χ4n) is 1.65. The number of amides is 1. The lowest BCUT2D eigenvalue weighted by Crippen LogP contribution is -2.42. The zero-order valence-corrected chi connectivity index (χ0v) is 12.3. The second-order valence-electron chi connectivity index (χ2n) is 4.81. The number of nitrogens with one attached hydrogen (secondary N) is 1. The third-order valence-corrected chi connectivity index (χ3v) is 3.82. The molecule has 0 aliphatic carbocycles. The third-order valence-electron chi connectivity index (χ3n) is 2.84. The van der Waals surface area contributed by atoms with Crippen molar-refractivity contribution in [3.8, 4) is 0 Å². The molecular weight excluding hydrogens is 283 g/mol. The standard InChI is InChI=1S/C13H19FN2O3S/c1-9(10-4-3-5-11(14)8-10)16-13(17)12(15)6-7-20(2,18)19/h3-5,8-9,12H,6-7,15H2,1-2H3,(H,16,17)/t9-,12?/m0/s1. The molecule has 0 aromatic heterocycles. The molecule has 1 aromatic carbocycles. The van der Waals surface area contributed by atoms with Crippen LogP contribution in [0, 0.1) is 5.82 Å². The Bertz CT molecular complexity index is 575. The van der Waals surface area contributed by atoms with Gasteiger partial charge in [-0.05, 0) is 31.0 Å². The van der Waals surface area contributed by atoms with Crippen molar-refractivity contribution in [1.82, 2.24) is 5.32 Å². The van der Waals surface area contributed by atoms with Crippen LogP contribution in [0.2, 0.25) is 0 Å². The molecule has 0 fully saturated rings. The number of halogens is 1. The SMILES string of the molecule is C[C@H](NC(=O)C(N)CCS(C)(=O)=O)c1cccc(F)c1. The van der Waals surface area contributed by atoms with Gasteiger partial charge in [0.05, 0.1) is 17.8 Å². The minimum Gasteiger partial charge on any atom is -0.348 e. The van der Waals surface area contributed by atoms with E-state index < -0.39 is 27.8 Å². The second kappa shape index (κ2) is 6.81. The van der Waals surface area contributed by atoms with Crippen LogP contribution in [0.25, 0.3) is 0 Å². The van der Waals surface area contributed by atoms with E-state index in [1.165, 1.54) is 12.1 Å². The van der Waals surface area contributed by atoms with E-state index in [2.05, 4.69) is 5.32 Å². The highest BCUT2D eigenvalue weighted by atomic mass is 32.2. The third kappa shape index (κ3) is 5.66. The molecule has 0 bridgehead atoms. The normalized spacial score (nSPS) is 14.6. The summed E-state index contributed by atoms with van der Waals surface area (Å²) < 4.78 is 35.1. The van der Waals surface area contributed by atoms with Gasteiger partial charge in [-0.25, -0.2) is 12.8 Å². The summed E-state index contributed by atoms with van der Waals surface area (Å²) >= 11 is 0. The molecule has 5 nitrogen and oxygen atoms in total. The van der Waals surface area contributed by atoms with Crippen molar-refractivity contribution in [3.63, 3.8) is 0 Å². The maximum Gasteiger partial charge on any atom is 0.237 e. The van der Waals surface area contributed by atoms with Gasteiger partial charge in [-0.3, -0.25) is 4.79 Å². The molecule has 0 spiro atoms. The summed E-state index contributed by atoms with van der Waals surface area (Å²) in [4.78, 5) is 11.8. The molecule has 0 aliphatic heterocycles. The summed E-state index contributed by atoms with van der Waals surface area (Å²) in [5.41, 5.74) is 6.25. The van der Waals surface area contributed by atoms with Crippen molar-refractivity contribution in [3.05, 3.63) is 35.6 Å². The molecule has 0 heterocycles. The van der Waals surface area contributed by atoms with Gasteiger partial charge in [0.2, 0.25) is 5.91 Å². The number of rotatable bonds is 6. The largest absolute Gasteiger partial charge is 0.348 e. The van der Waals surface area contributed by atoms with Crippen LogP contribution in [-0.4, -0.2) is 32.4 Å². The average molecular weight is 302 g/mol. The van der Waals surface area contributed by atoms with E-state index >= 15 is 0 Å². The van der Waals surface area contributed by atoms with Gasteiger partial charge in [0.15, 0.2) is 0 Å². The number of hydrogen-bond donors (Lipinski definition) is 2. The highest BCUT2D eigenvalue weighted by Gasteiger charge is 2.18. The summed E-state index contributed by atoms with van der Waals surface area (Å²) in [7, 11) is -3.15. The number of carbonyl (C=O) groups is 1. The summed E-state index contributed by atoms with van der Waals surface area (Å²) in [5.74, 6) is -0.981. The van der Waals surface area contributed by atoms with Crippen LogP contribution in [0.1, 0.15) is 24.9 Å². The van der Waals surface area contributed by atoms with Crippen LogP contribution < -0.4 is 11.1 Å². The van der Waals surface area contributed by atoms with Crippen molar-refractivity contribution in [2.75, 3.05) is 12.0 Å². The molecule has 7 heteroatoms. The maximum absolute atomic E-state index is 13.1. The van der Waals surface area contributed by atoms with Crippen LogP contribution in [0.5, 0.6) is 0 Å². The molecule has 0 aliphatic rings. The van der Waals surface area contributed by atoms with Crippen molar-refractivity contribution in [1.29, 1.82) is 0 Å². The first kappa shape index (κ1) is 16.6. The molecule has 1 unspecified atom stereocenters. The number of nitrogens with two attached hydrogens (primary N) is 1. The lowest BCUT2D eigenvalue weighted by molar-refractivity contribution is -0.123. The van der Waals surface area contributed by atoms with E-state index in [0.29, 0.717) is 5.56 Å². The smallest absolute Gasteiger partial charge is 0.237 e. The van der Waals surface area contributed by atoms with Gasteiger partial charge in [0, 0.05) is 6.26 Å². The van der Waals surface area contributed by atoms with E-state index in [0.717, 1.165) is 6.26 Å². The topological polar surface area (TPSA) is 89.3 Å². The molecule has 0 saturated heterocycles. The Morgan fingerprint density at radius 1 is 1.45 bits per heavy atom. The van der Waals surface area contributed by atoms with Crippen LogP contribution in [0.15, 0.2) is 24.3 Å².